The standard InChI is InChI=1S/C20H24F2N2O.ClH/c21-20(22)14-18(24-12-10-23-11-13-24)17-8-4-5-9-19(17)25-15-16-6-2-1-3-7-16;/h1-9,18,20,23H,10-15H2;1H/t18-;/m1./s1. The van der Waals surface area contributed by atoms with Crippen molar-refractivity contribution in [3.63, 3.8) is 0 Å². The fourth-order valence-corrected chi connectivity index (χ4v) is 3.26. The molecule has 1 aliphatic rings. The molecule has 6 heteroatoms. The summed E-state index contributed by atoms with van der Waals surface area (Å²) in [6, 6.07) is 17.1. The Balaban J connectivity index is 0.00000243. The molecule has 2 aromatic carbocycles. The number of rotatable bonds is 7. The predicted molar refractivity (Wildman–Crippen MR) is 102 cm³/mol. The molecule has 0 saturated carbocycles. The summed E-state index contributed by atoms with van der Waals surface area (Å²) >= 11 is 0. The van der Waals surface area contributed by atoms with Crippen LogP contribution < -0.4 is 10.1 Å². The summed E-state index contributed by atoms with van der Waals surface area (Å²) in [5.41, 5.74) is 1.91. The van der Waals surface area contributed by atoms with Crippen molar-refractivity contribution in [2.24, 2.45) is 0 Å². The third-order valence-corrected chi connectivity index (χ3v) is 4.51. The molecule has 1 saturated heterocycles. The monoisotopic (exact) mass is 382 g/mol. The number of benzene rings is 2. The lowest BCUT2D eigenvalue weighted by molar-refractivity contribution is 0.0725. The summed E-state index contributed by atoms with van der Waals surface area (Å²) in [5, 5.41) is 3.28. The minimum atomic E-state index is -2.35. The highest BCUT2D eigenvalue weighted by Gasteiger charge is 2.27. The van der Waals surface area contributed by atoms with Crippen LogP contribution in [0.25, 0.3) is 0 Å². The Morgan fingerprint density at radius 1 is 0.962 bits per heavy atom. The molecule has 0 bridgehead atoms. The number of hydrogen-bond donors (Lipinski definition) is 1. The van der Waals surface area contributed by atoms with Crippen LogP contribution in [-0.2, 0) is 6.61 Å². The largest absolute Gasteiger partial charge is 0.489 e. The van der Waals surface area contributed by atoms with Crippen LogP contribution >= 0.6 is 12.4 Å². The fourth-order valence-electron chi connectivity index (χ4n) is 3.26. The topological polar surface area (TPSA) is 24.5 Å². The summed E-state index contributed by atoms with van der Waals surface area (Å²) in [6.07, 6.45) is -2.52. The number of para-hydroxylation sites is 1. The van der Waals surface area contributed by atoms with Gasteiger partial charge in [-0.2, -0.15) is 0 Å². The van der Waals surface area contributed by atoms with Gasteiger partial charge in [-0.3, -0.25) is 4.90 Å². The molecule has 1 atom stereocenters. The Morgan fingerprint density at radius 2 is 1.62 bits per heavy atom. The molecule has 0 unspecified atom stereocenters. The quantitative estimate of drug-likeness (QED) is 0.773. The molecule has 1 fully saturated rings. The number of nitrogens with zero attached hydrogens (tertiary/aromatic N) is 1. The zero-order valence-electron chi connectivity index (χ0n) is 14.6. The van der Waals surface area contributed by atoms with Gasteiger partial charge in [-0.25, -0.2) is 8.78 Å². The van der Waals surface area contributed by atoms with E-state index < -0.39 is 6.43 Å². The van der Waals surface area contributed by atoms with Gasteiger partial charge in [0.15, 0.2) is 0 Å². The van der Waals surface area contributed by atoms with Gasteiger partial charge in [0.1, 0.15) is 12.4 Å². The number of hydrogen-bond acceptors (Lipinski definition) is 3. The average molecular weight is 383 g/mol. The molecule has 0 amide bonds. The summed E-state index contributed by atoms with van der Waals surface area (Å²) < 4.78 is 32.4. The summed E-state index contributed by atoms with van der Waals surface area (Å²) in [4.78, 5) is 2.13. The first-order valence-corrected chi connectivity index (χ1v) is 8.72. The van der Waals surface area contributed by atoms with Gasteiger partial charge in [0.2, 0.25) is 6.43 Å². The van der Waals surface area contributed by atoms with Gasteiger partial charge in [0.05, 0.1) is 0 Å². The molecule has 0 aromatic heterocycles. The summed E-state index contributed by atoms with van der Waals surface area (Å²) in [7, 11) is 0. The van der Waals surface area contributed by atoms with Gasteiger partial charge in [0, 0.05) is 44.2 Å². The minimum absolute atomic E-state index is 0. The highest BCUT2D eigenvalue weighted by atomic mass is 35.5. The van der Waals surface area contributed by atoms with E-state index in [1.807, 2.05) is 54.6 Å². The Kier molecular flexibility index (Phi) is 8.29. The average Bonchev–Trinajstić information content (AvgIpc) is 2.66. The lowest BCUT2D eigenvalue weighted by atomic mass is 10.00. The van der Waals surface area contributed by atoms with E-state index in [0.717, 1.165) is 37.3 Å². The van der Waals surface area contributed by atoms with E-state index in [1.54, 1.807) is 0 Å². The number of halogens is 3. The molecule has 142 valence electrons. The molecule has 0 radical (unpaired) electrons. The molecule has 0 aliphatic carbocycles. The van der Waals surface area contributed by atoms with Crippen molar-refractivity contribution in [2.45, 2.75) is 25.5 Å². The van der Waals surface area contributed by atoms with Crippen molar-refractivity contribution in [3.05, 3.63) is 65.7 Å². The van der Waals surface area contributed by atoms with Crippen molar-refractivity contribution in [1.82, 2.24) is 10.2 Å². The van der Waals surface area contributed by atoms with E-state index in [9.17, 15) is 8.78 Å². The Hall–Kier alpha value is -1.69. The predicted octanol–water partition coefficient (Wildman–Crippen LogP) is 4.29. The van der Waals surface area contributed by atoms with Crippen molar-refractivity contribution in [2.75, 3.05) is 26.2 Å². The van der Waals surface area contributed by atoms with Crippen LogP contribution in [0.4, 0.5) is 8.78 Å². The van der Waals surface area contributed by atoms with E-state index in [1.165, 1.54) is 0 Å². The third kappa shape index (κ3) is 5.66. The van der Waals surface area contributed by atoms with E-state index >= 15 is 0 Å². The van der Waals surface area contributed by atoms with E-state index in [2.05, 4.69) is 10.2 Å². The van der Waals surface area contributed by atoms with Gasteiger partial charge in [0.25, 0.3) is 0 Å². The van der Waals surface area contributed by atoms with Gasteiger partial charge < -0.3 is 10.1 Å². The zero-order valence-corrected chi connectivity index (χ0v) is 15.4. The van der Waals surface area contributed by atoms with Crippen molar-refractivity contribution in [3.8, 4) is 5.75 Å². The second kappa shape index (κ2) is 10.5. The van der Waals surface area contributed by atoms with Crippen molar-refractivity contribution < 1.29 is 13.5 Å². The van der Waals surface area contributed by atoms with Crippen LogP contribution in [-0.4, -0.2) is 37.5 Å². The third-order valence-electron chi connectivity index (χ3n) is 4.51. The Labute approximate surface area is 159 Å². The number of piperazine rings is 1. The summed E-state index contributed by atoms with van der Waals surface area (Å²) in [5.74, 6) is 0.690. The molecule has 1 N–H and O–H groups in total. The van der Waals surface area contributed by atoms with Crippen molar-refractivity contribution in [1.29, 1.82) is 0 Å². The molecule has 1 aliphatic heterocycles. The lowest BCUT2D eigenvalue weighted by Gasteiger charge is -2.35. The van der Waals surface area contributed by atoms with Crippen LogP contribution in [0, 0.1) is 0 Å². The summed E-state index contributed by atoms with van der Waals surface area (Å²) in [6.45, 7) is 3.62. The maximum atomic E-state index is 13.2. The van der Waals surface area contributed by atoms with Gasteiger partial charge in [-0.1, -0.05) is 48.5 Å². The maximum absolute atomic E-state index is 13.2. The molecule has 3 rings (SSSR count). The molecular formula is C20H25ClF2N2O. The molecule has 1 heterocycles. The highest BCUT2D eigenvalue weighted by molar-refractivity contribution is 5.85. The second-order valence-corrected chi connectivity index (χ2v) is 6.24. The molecule has 3 nitrogen and oxygen atoms in total. The zero-order chi connectivity index (χ0) is 17.5. The SMILES string of the molecule is Cl.FC(F)C[C@H](c1ccccc1OCc1ccccc1)N1CCNCC1. The van der Waals surface area contributed by atoms with E-state index in [4.69, 9.17) is 4.74 Å². The number of nitrogens with one attached hydrogen (secondary N) is 1. The van der Waals surface area contributed by atoms with E-state index in [0.29, 0.717) is 12.4 Å². The first-order valence-electron chi connectivity index (χ1n) is 8.72. The fraction of sp³-hybridized carbons (Fsp3) is 0.400. The van der Waals surface area contributed by atoms with Crippen LogP contribution in [0.3, 0.4) is 0 Å². The lowest BCUT2D eigenvalue weighted by Crippen LogP contribution is -2.45. The molecule has 26 heavy (non-hydrogen) atoms. The normalized spacial score (nSPS) is 16.1. The maximum Gasteiger partial charge on any atom is 0.240 e. The molecular weight excluding hydrogens is 358 g/mol. The highest BCUT2D eigenvalue weighted by Crippen LogP contribution is 2.34. The van der Waals surface area contributed by atoms with Crippen LogP contribution in [0.1, 0.15) is 23.6 Å². The van der Waals surface area contributed by atoms with Crippen LogP contribution in [0.15, 0.2) is 54.6 Å². The van der Waals surface area contributed by atoms with Gasteiger partial charge in [-0.15, -0.1) is 12.4 Å². The van der Waals surface area contributed by atoms with Crippen LogP contribution in [0.2, 0.25) is 0 Å². The molecule has 0 spiro atoms. The van der Waals surface area contributed by atoms with E-state index in [-0.39, 0.29) is 24.9 Å². The van der Waals surface area contributed by atoms with Crippen LogP contribution in [0.5, 0.6) is 5.75 Å². The van der Waals surface area contributed by atoms with Gasteiger partial charge in [-0.05, 0) is 11.6 Å². The second-order valence-electron chi connectivity index (χ2n) is 6.24. The number of alkyl halides is 2. The Morgan fingerprint density at radius 3 is 2.31 bits per heavy atom. The first kappa shape index (κ1) is 20.6. The smallest absolute Gasteiger partial charge is 0.240 e. The number of ether oxygens (including phenoxy) is 1. The molecule has 2 aromatic rings. The van der Waals surface area contributed by atoms with Gasteiger partial charge >= 0.3 is 0 Å². The first-order chi connectivity index (χ1) is 12.2. The minimum Gasteiger partial charge on any atom is -0.489 e. The Bertz CT molecular complexity index is 651. The van der Waals surface area contributed by atoms with Crippen molar-refractivity contribution >= 4 is 12.4 Å².